The monoisotopic (exact) mass is 400 g/mol. The van der Waals surface area contributed by atoms with Crippen LogP contribution in [0.5, 0.6) is 23.0 Å². The third kappa shape index (κ3) is 4.36. The Bertz CT molecular complexity index is 937. The van der Waals surface area contributed by atoms with Crippen molar-refractivity contribution in [3.8, 4) is 23.0 Å². The molecule has 0 saturated heterocycles. The van der Waals surface area contributed by atoms with Crippen molar-refractivity contribution in [1.29, 1.82) is 0 Å². The van der Waals surface area contributed by atoms with Crippen LogP contribution in [0.4, 0.5) is 0 Å². The number of hydrogen-bond acceptors (Lipinski definition) is 6. The molecule has 0 aliphatic rings. The summed E-state index contributed by atoms with van der Waals surface area (Å²) in [6.07, 6.45) is 0. The number of benzene rings is 2. The number of aryl methyl sites for hydroxylation is 2. The highest BCUT2D eigenvalue weighted by atomic mass is 16.5. The zero-order valence-corrected chi connectivity index (χ0v) is 18.3. The smallest absolute Gasteiger partial charge is 0.316 e. The van der Waals surface area contributed by atoms with Crippen molar-refractivity contribution in [3.63, 3.8) is 0 Å². The lowest BCUT2D eigenvalue weighted by atomic mass is 9.93. The Balaban J connectivity index is 2.69. The lowest BCUT2D eigenvalue weighted by Gasteiger charge is -2.21. The van der Waals surface area contributed by atoms with Crippen LogP contribution in [0, 0.1) is 19.3 Å². The first kappa shape index (κ1) is 22.3. The number of carbonyl (C=O) groups excluding carboxylic acids is 2. The zero-order valence-electron chi connectivity index (χ0n) is 18.3. The molecule has 0 fully saturated rings. The molecule has 0 N–H and O–H groups in total. The molecular formula is C23H28O6. The molecule has 0 radical (unpaired) electrons. The van der Waals surface area contributed by atoms with Gasteiger partial charge in [0.05, 0.1) is 37.9 Å². The van der Waals surface area contributed by atoms with Gasteiger partial charge in [-0.25, -0.2) is 0 Å². The van der Waals surface area contributed by atoms with E-state index < -0.39 is 11.4 Å². The summed E-state index contributed by atoms with van der Waals surface area (Å²) in [4.78, 5) is 26.1. The van der Waals surface area contributed by atoms with E-state index in [0.717, 1.165) is 0 Å². The number of methoxy groups -OCH3 is 3. The number of carbonyl (C=O) groups is 2. The van der Waals surface area contributed by atoms with E-state index in [4.69, 9.17) is 18.9 Å². The second kappa shape index (κ2) is 8.55. The molecule has 2 aromatic rings. The summed E-state index contributed by atoms with van der Waals surface area (Å²) >= 11 is 0. The van der Waals surface area contributed by atoms with Gasteiger partial charge in [0.15, 0.2) is 11.5 Å². The van der Waals surface area contributed by atoms with Gasteiger partial charge in [-0.2, -0.15) is 0 Å². The van der Waals surface area contributed by atoms with E-state index >= 15 is 0 Å². The Morgan fingerprint density at radius 2 is 1.41 bits per heavy atom. The molecule has 29 heavy (non-hydrogen) atoms. The fraction of sp³-hybridized carbons (Fsp3) is 0.391. The predicted octanol–water partition coefficient (Wildman–Crippen LogP) is 4.51. The summed E-state index contributed by atoms with van der Waals surface area (Å²) in [5.41, 5.74) is 1.26. The molecule has 0 bridgehead atoms. The van der Waals surface area contributed by atoms with E-state index in [1.54, 1.807) is 58.9 Å². The Morgan fingerprint density at radius 1 is 0.793 bits per heavy atom. The SMILES string of the molecule is COc1cc(C)c(C(=O)c2c(C)cccc2OC(=O)C(C)(C)C)c(OC)c1OC. The van der Waals surface area contributed by atoms with Crippen molar-refractivity contribution >= 4 is 11.8 Å². The Labute approximate surface area is 171 Å². The Morgan fingerprint density at radius 3 is 1.93 bits per heavy atom. The number of esters is 1. The highest BCUT2D eigenvalue weighted by molar-refractivity contribution is 6.15. The van der Waals surface area contributed by atoms with Crippen LogP contribution < -0.4 is 18.9 Å². The first-order valence-corrected chi connectivity index (χ1v) is 9.22. The normalized spacial score (nSPS) is 11.0. The maximum atomic E-state index is 13.6. The minimum absolute atomic E-state index is 0.214. The molecular weight excluding hydrogens is 372 g/mol. The van der Waals surface area contributed by atoms with Crippen LogP contribution in [-0.2, 0) is 4.79 Å². The van der Waals surface area contributed by atoms with Gasteiger partial charge < -0.3 is 18.9 Å². The maximum absolute atomic E-state index is 13.6. The van der Waals surface area contributed by atoms with E-state index in [-0.39, 0.29) is 17.3 Å². The molecule has 156 valence electrons. The third-order valence-corrected chi connectivity index (χ3v) is 4.53. The van der Waals surface area contributed by atoms with Crippen LogP contribution in [0.15, 0.2) is 24.3 Å². The molecule has 0 heterocycles. The number of rotatable bonds is 6. The van der Waals surface area contributed by atoms with E-state index in [9.17, 15) is 9.59 Å². The standard InChI is InChI=1S/C23H28O6/c1-13-10-9-11-15(29-22(25)23(3,4)5)17(13)19(24)18-14(2)12-16(26-6)20(27-7)21(18)28-8/h9-12H,1-8H3. The van der Waals surface area contributed by atoms with Crippen LogP contribution >= 0.6 is 0 Å². The van der Waals surface area contributed by atoms with Crippen LogP contribution in [-0.4, -0.2) is 33.1 Å². The molecule has 0 atom stereocenters. The largest absolute Gasteiger partial charge is 0.493 e. The topological polar surface area (TPSA) is 71.1 Å². The number of ether oxygens (including phenoxy) is 4. The summed E-state index contributed by atoms with van der Waals surface area (Å²) in [6, 6.07) is 6.88. The van der Waals surface area contributed by atoms with Crippen LogP contribution in [0.2, 0.25) is 0 Å². The predicted molar refractivity (Wildman–Crippen MR) is 111 cm³/mol. The van der Waals surface area contributed by atoms with Crippen molar-refractivity contribution in [1.82, 2.24) is 0 Å². The van der Waals surface area contributed by atoms with Gasteiger partial charge >= 0.3 is 5.97 Å². The summed E-state index contributed by atoms with van der Waals surface area (Å²) in [6.45, 7) is 8.86. The van der Waals surface area contributed by atoms with Crippen LogP contribution in [0.25, 0.3) is 0 Å². The average Bonchev–Trinajstić information content (AvgIpc) is 2.65. The van der Waals surface area contributed by atoms with E-state index in [0.29, 0.717) is 33.8 Å². The molecule has 6 heteroatoms. The summed E-state index contributed by atoms with van der Waals surface area (Å²) in [7, 11) is 4.46. The lowest BCUT2D eigenvalue weighted by molar-refractivity contribution is -0.143. The second-order valence-corrected chi connectivity index (χ2v) is 7.75. The average molecular weight is 400 g/mol. The van der Waals surface area contributed by atoms with Gasteiger partial charge in [-0.3, -0.25) is 9.59 Å². The molecule has 0 aromatic heterocycles. The fourth-order valence-corrected chi connectivity index (χ4v) is 2.96. The van der Waals surface area contributed by atoms with Crippen molar-refractivity contribution in [3.05, 3.63) is 46.5 Å². The van der Waals surface area contributed by atoms with Crippen LogP contribution in [0.3, 0.4) is 0 Å². The molecule has 0 amide bonds. The van der Waals surface area contributed by atoms with Crippen molar-refractivity contribution in [2.24, 2.45) is 5.41 Å². The molecule has 6 nitrogen and oxygen atoms in total. The van der Waals surface area contributed by atoms with Gasteiger partial charge in [0, 0.05) is 0 Å². The highest BCUT2D eigenvalue weighted by Gasteiger charge is 2.30. The fourth-order valence-electron chi connectivity index (χ4n) is 2.96. The molecule has 2 aromatic carbocycles. The van der Waals surface area contributed by atoms with Crippen molar-refractivity contribution in [2.75, 3.05) is 21.3 Å². The van der Waals surface area contributed by atoms with Gasteiger partial charge in [0.25, 0.3) is 0 Å². The van der Waals surface area contributed by atoms with Gasteiger partial charge in [-0.05, 0) is 57.9 Å². The Kier molecular flexibility index (Phi) is 6.57. The minimum atomic E-state index is -0.707. The number of ketones is 1. The summed E-state index contributed by atoms with van der Waals surface area (Å²) in [5, 5.41) is 0. The minimum Gasteiger partial charge on any atom is -0.493 e. The van der Waals surface area contributed by atoms with E-state index in [1.165, 1.54) is 21.3 Å². The van der Waals surface area contributed by atoms with Gasteiger partial charge in [-0.15, -0.1) is 0 Å². The molecule has 0 aliphatic carbocycles. The molecule has 0 saturated carbocycles. The second-order valence-electron chi connectivity index (χ2n) is 7.75. The maximum Gasteiger partial charge on any atom is 0.316 e. The molecule has 0 aliphatic heterocycles. The molecule has 0 spiro atoms. The summed E-state index contributed by atoms with van der Waals surface area (Å²) < 4.78 is 21.9. The van der Waals surface area contributed by atoms with E-state index in [2.05, 4.69) is 0 Å². The zero-order chi connectivity index (χ0) is 21.9. The van der Waals surface area contributed by atoms with Gasteiger partial charge in [0.1, 0.15) is 5.75 Å². The first-order valence-electron chi connectivity index (χ1n) is 9.22. The Hall–Kier alpha value is -3.02. The first-order chi connectivity index (χ1) is 13.6. The number of hydrogen-bond donors (Lipinski definition) is 0. The van der Waals surface area contributed by atoms with Crippen molar-refractivity contribution < 1.29 is 28.5 Å². The highest BCUT2D eigenvalue weighted by Crippen LogP contribution is 2.43. The van der Waals surface area contributed by atoms with Gasteiger partial charge in [0.2, 0.25) is 11.5 Å². The molecule has 2 rings (SSSR count). The molecule has 0 unspecified atom stereocenters. The van der Waals surface area contributed by atoms with Crippen molar-refractivity contribution in [2.45, 2.75) is 34.6 Å². The lowest BCUT2D eigenvalue weighted by Crippen LogP contribution is -2.26. The summed E-state index contributed by atoms with van der Waals surface area (Å²) in [5.74, 6) is 0.522. The van der Waals surface area contributed by atoms with E-state index in [1.807, 2.05) is 0 Å². The van der Waals surface area contributed by atoms with Gasteiger partial charge in [-0.1, -0.05) is 12.1 Å². The van der Waals surface area contributed by atoms with Crippen LogP contribution in [0.1, 0.15) is 47.8 Å². The third-order valence-electron chi connectivity index (χ3n) is 4.53. The quantitative estimate of drug-likeness (QED) is 0.404.